The lowest BCUT2D eigenvalue weighted by Gasteiger charge is -2.32. The smallest absolute Gasteiger partial charge is 0.0447 e. The zero-order valence-corrected chi connectivity index (χ0v) is 22.3. The van der Waals surface area contributed by atoms with Crippen molar-refractivity contribution in [2.24, 2.45) is 10.9 Å². The van der Waals surface area contributed by atoms with Gasteiger partial charge in [-0.25, -0.2) is 0 Å². The number of unbranched alkanes of at least 4 members (excludes halogenated alkanes) is 1. The quantitative estimate of drug-likeness (QED) is 0.313. The van der Waals surface area contributed by atoms with Gasteiger partial charge in [-0.2, -0.15) is 0 Å². The number of anilines is 1. The minimum Gasteiger partial charge on any atom is -0.347 e. The molecule has 1 aliphatic heterocycles. The molecule has 2 nitrogen and oxygen atoms in total. The van der Waals surface area contributed by atoms with Crippen molar-refractivity contribution in [3.05, 3.63) is 99.8 Å². The van der Waals surface area contributed by atoms with Crippen LogP contribution in [0.25, 0.3) is 11.1 Å². The first kappa shape index (κ1) is 23.3. The van der Waals surface area contributed by atoms with E-state index in [4.69, 9.17) is 4.99 Å². The average Bonchev–Trinajstić information content (AvgIpc) is 3.34. The van der Waals surface area contributed by atoms with Crippen molar-refractivity contribution in [3.63, 3.8) is 0 Å². The summed E-state index contributed by atoms with van der Waals surface area (Å²) >= 11 is 0. The highest BCUT2D eigenvalue weighted by Crippen LogP contribution is 2.57. The largest absolute Gasteiger partial charge is 0.347 e. The van der Waals surface area contributed by atoms with Gasteiger partial charge in [0.05, 0.1) is 0 Å². The predicted octanol–water partition coefficient (Wildman–Crippen LogP) is 8.52. The normalized spacial score (nSPS) is 24.2. The van der Waals surface area contributed by atoms with Crippen LogP contribution < -0.4 is 4.90 Å². The molecule has 0 radical (unpaired) electrons. The molecule has 1 unspecified atom stereocenters. The molecule has 0 N–H and O–H groups in total. The Kier molecular flexibility index (Phi) is 5.86. The van der Waals surface area contributed by atoms with E-state index in [0.717, 1.165) is 19.4 Å². The van der Waals surface area contributed by atoms with Crippen LogP contribution in [0, 0.1) is 5.92 Å². The van der Waals surface area contributed by atoms with E-state index in [1.54, 1.807) is 5.57 Å². The van der Waals surface area contributed by atoms with Crippen molar-refractivity contribution in [2.75, 3.05) is 18.5 Å². The Balaban J connectivity index is 1.46. The molecule has 0 bridgehead atoms. The van der Waals surface area contributed by atoms with Crippen LogP contribution in [-0.2, 0) is 5.41 Å². The lowest BCUT2D eigenvalue weighted by atomic mass is 9.72. The van der Waals surface area contributed by atoms with Crippen LogP contribution in [0.1, 0.15) is 76.0 Å². The van der Waals surface area contributed by atoms with Gasteiger partial charge in [-0.1, -0.05) is 75.7 Å². The number of hydrogen-bond donors (Lipinski definition) is 0. The van der Waals surface area contributed by atoms with Crippen molar-refractivity contribution in [3.8, 4) is 0 Å². The number of hydrogen-bond acceptors (Lipinski definition) is 2. The molecule has 3 aliphatic carbocycles. The fraction of sp³-hybridized carbons (Fsp3) is 0.382. The molecular weight excluding hydrogens is 436 g/mol. The standard InChI is InChI=1S/C34H38N2/c1-5-6-21-35-22-25-18-17-24-16-15-23(31-26-11-7-8-12-27(26)32(25)33(24)31)19-20-30-34(2,3)28-13-9-10-14-29(28)36(30)4/h7-14,19-20,22,24H,5-6,15-18,21H2,1-4H3/b23-19+,30-20+,35-22?. The van der Waals surface area contributed by atoms with Gasteiger partial charge in [0.15, 0.2) is 0 Å². The lowest BCUT2D eigenvalue weighted by molar-refractivity contribution is 0.514. The summed E-state index contributed by atoms with van der Waals surface area (Å²) in [6.45, 7) is 7.89. The zero-order valence-electron chi connectivity index (χ0n) is 22.3. The monoisotopic (exact) mass is 474 g/mol. The van der Waals surface area contributed by atoms with Crippen molar-refractivity contribution in [1.82, 2.24) is 0 Å². The average molecular weight is 475 g/mol. The van der Waals surface area contributed by atoms with Gasteiger partial charge in [-0.3, -0.25) is 4.99 Å². The third kappa shape index (κ3) is 3.57. The number of aliphatic imine (C=N–C) groups is 1. The van der Waals surface area contributed by atoms with Crippen molar-refractivity contribution >= 4 is 23.0 Å². The van der Waals surface area contributed by atoms with Crippen molar-refractivity contribution in [1.29, 1.82) is 0 Å². The molecular formula is C34H38N2. The van der Waals surface area contributed by atoms with Crippen LogP contribution in [0.15, 0.2) is 88.1 Å². The molecule has 36 heavy (non-hydrogen) atoms. The first-order valence-corrected chi connectivity index (χ1v) is 13.8. The molecule has 6 rings (SSSR count). The minimum absolute atomic E-state index is 0.00300. The van der Waals surface area contributed by atoms with Crippen LogP contribution in [0.4, 0.5) is 5.69 Å². The van der Waals surface area contributed by atoms with E-state index in [9.17, 15) is 0 Å². The molecule has 0 saturated heterocycles. The summed E-state index contributed by atoms with van der Waals surface area (Å²) in [7, 11) is 2.22. The topological polar surface area (TPSA) is 15.6 Å². The number of allylic oxidation sites excluding steroid dienone is 8. The van der Waals surface area contributed by atoms with E-state index >= 15 is 0 Å². The first-order valence-electron chi connectivity index (χ1n) is 13.8. The highest BCUT2D eigenvalue weighted by Gasteiger charge is 2.40. The third-order valence-electron chi connectivity index (χ3n) is 8.85. The predicted molar refractivity (Wildman–Crippen MR) is 155 cm³/mol. The SMILES string of the molecule is CCCCN=CC1=C2C3=C(/C(=C/C=C4/N(C)c5ccccc5C4(C)C)CCC3CC1)c1ccccc12. The number of fused-ring (bicyclic) bond motifs is 4. The molecule has 2 aromatic carbocycles. The van der Waals surface area contributed by atoms with Gasteiger partial charge in [-0.15, -0.1) is 0 Å². The van der Waals surface area contributed by atoms with E-state index in [-0.39, 0.29) is 5.41 Å². The van der Waals surface area contributed by atoms with Crippen molar-refractivity contribution in [2.45, 2.75) is 64.7 Å². The summed E-state index contributed by atoms with van der Waals surface area (Å²) in [5.74, 6) is 0.676. The van der Waals surface area contributed by atoms with E-state index in [1.807, 2.05) is 0 Å². The van der Waals surface area contributed by atoms with Gasteiger partial charge in [0, 0.05) is 36.6 Å². The van der Waals surface area contributed by atoms with E-state index in [2.05, 4.69) is 99.6 Å². The maximum atomic E-state index is 4.83. The van der Waals surface area contributed by atoms with Gasteiger partial charge >= 0.3 is 0 Å². The van der Waals surface area contributed by atoms with Gasteiger partial charge in [0.25, 0.3) is 0 Å². The summed E-state index contributed by atoms with van der Waals surface area (Å²) in [5.41, 5.74) is 14.6. The second-order valence-electron chi connectivity index (χ2n) is 11.3. The second kappa shape index (κ2) is 9.07. The van der Waals surface area contributed by atoms with E-state index < -0.39 is 0 Å². The number of para-hydroxylation sites is 1. The third-order valence-corrected chi connectivity index (χ3v) is 8.85. The highest BCUT2D eigenvalue weighted by molar-refractivity contribution is 6.11. The Morgan fingerprint density at radius 2 is 1.67 bits per heavy atom. The molecule has 184 valence electrons. The molecule has 2 heteroatoms. The molecule has 0 fully saturated rings. The summed E-state index contributed by atoms with van der Waals surface area (Å²) in [5, 5.41) is 0. The Labute approximate surface area is 216 Å². The molecule has 1 heterocycles. The summed E-state index contributed by atoms with van der Waals surface area (Å²) in [6, 6.07) is 17.9. The van der Waals surface area contributed by atoms with Gasteiger partial charge in [-0.05, 0) is 94.7 Å². The summed E-state index contributed by atoms with van der Waals surface area (Å²) < 4.78 is 0. The molecule has 0 amide bonds. The molecule has 0 saturated carbocycles. The molecule has 0 aromatic heterocycles. The highest BCUT2D eigenvalue weighted by atomic mass is 15.2. The molecule has 1 atom stereocenters. The number of benzene rings is 2. The summed E-state index contributed by atoms with van der Waals surface area (Å²) in [6.07, 6.45) is 14.3. The lowest BCUT2D eigenvalue weighted by Crippen LogP contribution is -2.22. The maximum Gasteiger partial charge on any atom is 0.0447 e. The van der Waals surface area contributed by atoms with E-state index in [1.165, 1.54) is 76.1 Å². The van der Waals surface area contributed by atoms with Gasteiger partial charge in [0.1, 0.15) is 0 Å². The van der Waals surface area contributed by atoms with Crippen LogP contribution in [0.3, 0.4) is 0 Å². The number of likely N-dealkylation sites (N-methyl/N-ethyl adjacent to an activating group) is 1. The molecule has 0 spiro atoms. The van der Waals surface area contributed by atoms with Crippen LogP contribution in [0.5, 0.6) is 0 Å². The van der Waals surface area contributed by atoms with Gasteiger partial charge < -0.3 is 4.90 Å². The molecule has 4 aliphatic rings. The maximum absolute atomic E-state index is 4.83. The fourth-order valence-corrected chi connectivity index (χ4v) is 6.98. The fourth-order valence-electron chi connectivity index (χ4n) is 6.98. The van der Waals surface area contributed by atoms with Crippen LogP contribution >= 0.6 is 0 Å². The summed E-state index contributed by atoms with van der Waals surface area (Å²) in [4.78, 5) is 7.21. The zero-order chi connectivity index (χ0) is 24.9. The minimum atomic E-state index is 0.00300. The first-order chi connectivity index (χ1) is 17.5. The Morgan fingerprint density at radius 3 is 2.44 bits per heavy atom. The van der Waals surface area contributed by atoms with E-state index in [0.29, 0.717) is 5.92 Å². The van der Waals surface area contributed by atoms with Crippen molar-refractivity contribution < 1.29 is 0 Å². The number of nitrogens with zero attached hydrogens (tertiary/aromatic N) is 2. The second-order valence-corrected chi connectivity index (χ2v) is 11.3. The van der Waals surface area contributed by atoms with Crippen LogP contribution in [0.2, 0.25) is 0 Å². The Bertz CT molecular complexity index is 1360. The Morgan fingerprint density at radius 1 is 0.944 bits per heavy atom. The molecule has 2 aromatic rings. The number of rotatable bonds is 5. The van der Waals surface area contributed by atoms with Gasteiger partial charge in [0.2, 0.25) is 0 Å². The Hall–Kier alpha value is -3.13. The van der Waals surface area contributed by atoms with Crippen LogP contribution in [-0.4, -0.2) is 19.8 Å².